The molecule has 0 aromatic carbocycles. The molecule has 2 N–H and O–H groups in total. The molecule has 1 rings (SSSR count). The maximum atomic E-state index is 11.7. The molecule has 15 heavy (non-hydrogen) atoms. The second-order valence-corrected chi connectivity index (χ2v) is 5.04. The highest BCUT2D eigenvalue weighted by atomic mass is 16.5. The van der Waals surface area contributed by atoms with Crippen LogP contribution >= 0.6 is 0 Å². The molecule has 1 saturated carbocycles. The van der Waals surface area contributed by atoms with Crippen molar-refractivity contribution in [1.29, 1.82) is 0 Å². The monoisotopic (exact) mass is 213 g/mol. The molecule has 88 valence electrons. The van der Waals surface area contributed by atoms with Gasteiger partial charge in [-0.1, -0.05) is 26.7 Å². The number of hydrogen-bond donors (Lipinski definition) is 1. The smallest absolute Gasteiger partial charge is 0.326 e. The standard InChI is InChI=1S/C12H23NO2/c1-10(2)6-5-9-15-11(14)12(13)7-3-4-8-12/h10H,3-9,13H2,1-2H3. The first-order valence-electron chi connectivity index (χ1n) is 6.01. The van der Waals surface area contributed by atoms with Crippen LogP contribution in [0.5, 0.6) is 0 Å². The van der Waals surface area contributed by atoms with Crippen molar-refractivity contribution in [2.75, 3.05) is 6.61 Å². The van der Waals surface area contributed by atoms with E-state index in [4.69, 9.17) is 10.5 Å². The molecule has 0 aromatic heterocycles. The minimum Gasteiger partial charge on any atom is -0.464 e. The van der Waals surface area contributed by atoms with Crippen molar-refractivity contribution in [3.8, 4) is 0 Å². The lowest BCUT2D eigenvalue weighted by molar-refractivity contribution is -0.150. The lowest BCUT2D eigenvalue weighted by Gasteiger charge is -2.21. The third-order valence-electron chi connectivity index (χ3n) is 3.06. The molecule has 1 aliphatic rings. The van der Waals surface area contributed by atoms with Crippen LogP contribution in [0, 0.1) is 5.92 Å². The van der Waals surface area contributed by atoms with Gasteiger partial charge in [-0.3, -0.25) is 4.79 Å². The summed E-state index contributed by atoms with van der Waals surface area (Å²) in [6, 6.07) is 0. The lowest BCUT2D eigenvalue weighted by Crippen LogP contribution is -2.46. The van der Waals surface area contributed by atoms with Crippen LogP contribution in [0.15, 0.2) is 0 Å². The molecular weight excluding hydrogens is 190 g/mol. The number of rotatable bonds is 5. The third kappa shape index (κ3) is 3.82. The highest BCUT2D eigenvalue weighted by Crippen LogP contribution is 2.28. The second-order valence-electron chi connectivity index (χ2n) is 5.04. The van der Waals surface area contributed by atoms with Crippen LogP contribution in [0.4, 0.5) is 0 Å². The van der Waals surface area contributed by atoms with Crippen LogP contribution in [0.2, 0.25) is 0 Å². The molecule has 0 heterocycles. The molecule has 0 bridgehead atoms. The molecule has 1 aliphatic carbocycles. The van der Waals surface area contributed by atoms with E-state index in [-0.39, 0.29) is 5.97 Å². The zero-order valence-corrected chi connectivity index (χ0v) is 9.92. The highest BCUT2D eigenvalue weighted by molar-refractivity contribution is 5.80. The van der Waals surface area contributed by atoms with Crippen LogP contribution < -0.4 is 5.73 Å². The van der Waals surface area contributed by atoms with Gasteiger partial charge in [0.25, 0.3) is 0 Å². The van der Waals surface area contributed by atoms with Gasteiger partial charge in [-0.2, -0.15) is 0 Å². The zero-order chi connectivity index (χ0) is 11.3. The Balaban J connectivity index is 2.18. The summed E-state index contributed by atoms with van der Waals surface area (Å²) < 4.78 is 5.22. The van der Waals surface area contributed by atoms with Crippen LogP contribution in [-0.2, 0) is 9.53 Å². The van der Waals surface area contributed by atoms with Gasteiger partial charge in [0.2, 0.25) is 0 Å². The summed E-state index contributed by atoms with van der Waals surface area (Å²) >= 11 is 0. The Morgan fingerprint density at radius 1 is 1.40 bits per heavy atom. The second kappa shape index (κ2) is 5.50. The molecule has 0 atom stereocenters. The predicted molar refractivity (Wildman–Crippen MR) is 60.4 cm³/mol. The molecule has 0 aromatic rings. The largest absolute Gasteiger partial charge is 0.464 e. The molecule has 3 heteroatoms. The molecule has 0 saturated heterocycles. The Morgan fingerprint density at radius 2 is 2.00 bits per heavy atom. The maximum Gasteiger partial charge on any atom is 0.326 e. The normalized spacial score (nSPS) is 19.5. The van der Waals surface area contributed by atoms with Crippen molar-refractivity contribution in [2.24, 2.45) is 11.7 Å². The van der Waals surface area contributed by atoms with E-state index in [0.29, 0.717) is 12.5 Å². The van der Waals surface area contributed by atoms with E-state index in [1.807, 2.05) is 0 Å². The summed E-state index contributed by atoms with van der Waals surface area (Å²) in [4.78, 5) is 11.7. The quantitative estimate of drug-likeness (QED) is 0.563. The van der Waals surface area contributed by atoms with Gasteiger partial charge in [-0.25, -0.2) is 0 Å². The molecule has 0 unspecified atom stereocenters. The fraction of sp³-hybridized carbons (Fsp3) is 0.917. The fourth-order valence-electron chi connectivity index (χ4n) is 2.01. The first kappa shape index (κ1) is 12.5. The number of carbonyl (C=O) groups is 1. The third-order valence-corrected chi connectivity index (χ3v) is 3.06. The van der Waals surface area contributed by atoms with Crippen molar-refractivity contribution in [2.45, 2.75) is 57.9 Å². The molecule has 0 radical (unpaired) electrons. The molecular formula is C12H23NO2. The van der Waals surface area contributed by atoms with Gasteiger partial charge in [0.05, 0.1) is 6.61 Å². The van der Waals surface area contributed by atoms with E-state index < -0.39 is 5.54 Å². The maximum absolute atomic E-state index is 11.7. The summed E-state index contributed by atoms with van der Waals surface area (Å²) in [5, 5.41) is 0. The van der Waals surface area contributed by atoms with Crippen LogP contribution in [0.1, 0.15) is 52.4 Å². The molecule has 3 nitrogen and oxygen atoms in total. The van der Waals surface area contributed by atoms with E-state index in [1.54, 1.807) is 0 Å². The van der Waals surface area contributed by atoms with Crippen molar-refractivity contribution in [3.05, 3.63) is 0 Å². The van der Waals surface area contributed by atoms with Gasteiger partial charge in [0.1, 0.15) is 5.54 Å². The lowest BCUT2D eigenvalue weighted by atomic mass is 10.00. The highest BCUT2D eigenvalue weighted by Gasteiger charge is 2.38. The zero-order valence-electron chi connectivity index (χ0n) is 9.92. The molecule has 0 amide bonds. The number of carbonyl (C=O) groups excluding carboxylic acids is 1. The number of nitrogens with two attached hydrogens (primary N) is 1. The van der Waals surface area contributed by atoms with E-state index in [2.05, 4.69) is 13.8 Å². The summed E-state index contributed by atoms with van der Waals surface area (Å²) in [5.74, 6) is 0.478. The van der Waals surface area contributed by atoms with Gasteiger partial charge in [-0.05, 0) is 31.6 Å². The van der Waals surface area contributed by atoms with Crippen LogP contribution in [0.3, 0.4) is 0 Å². The topological polar surface area (TPSA) is 52.3 Å². The van der Waals surface area contributed by atoms with Gasteiger partial charge in [-0.15, -0.1) is 0 Å². The summed E-state index contributed by atoms with van der Waals surface area (Å²) in [6.45, 7) is 4.86. The Morgan fingerprint density at radius 3 is 2.53 bits per heavy atom. The van der Waals surface area contributed by atoms with Crippen molar-refractivity contribution in [3.63, 3.8) is 0 Å². The van der Waals surface area contributed by atoms with Gasteiger partial charge in [0.15, 0.2) is 0 Å². The summed E-state index contributed by atoms with van der Waals surface area (Å²) in [5.41, 5.74) is 5.30. The Kier molecular flexibility index (Phi) is 4.58. The first-order chi connectivity index (χ1) is 7.04. The van der Waals surface area contributed by atoms with E-state index >= 15 is 0 Å². The van der Waals surface area contributed by atoms with E-state index in [1.165, 1.54) is 0 Å². The summed E-state index contributed by atoms with van der Waals surface area (Å²) in [6.07, 6.45) is 5.73. The Labute approximate surface area is 92.4 Å². The first-order valence-corrected chi connectivity index (χ1v) is 6.01. The van der Waals surface area contributed by atoms with Gasteiger partial charge in [0, 0.05) is 0 Å². The minimum atomic E-state index is -0.669. The molecule has 1 fully saturated rings. The fourth-order valence-corrected chi connectivity index (χ4v) is 2.01. The number of esters is 1. The van der Waals surface area contributed by atoms with Crippen molar-refractivity contribution < 1.29 is 9.53 Å². The van der Waals surface area contributed by atoms with Crippen molar-refractivity contribution >= 4 is 5.97 Å². The minimum absolute atomic E-state index is 0.191. The average Bonchev–Trinajstić information content (AvgIpc) is 2.60. The average molecular weight is 213 g/mol. The predicted octanol–water partition coefficient (Wildman–Crippen LogP) is 2.24. The van der Waals surface area contributed by atoms with Gasteiger partial charge < -0.3 is 10.5 Å². The SMILES string of the molecule is CC(C)CCCOC(=O)C1(N)CCCC1. The van der Waals surface area contributed by atoms with Crippen molar-refractivity contribution in [1.82, 2.24) is 0 Å². The Bertz CT molecular complexity index is 208. The number of ether oxygens (including phenoxy) is 1. The number of hydrogen-bond acceptors (Lipinski definition) is 3. The van der Waals surface area contributed by atoms with Crippen LogP contribution in [-0.4, -0.2) is 18.1 Å². The van der Waals surface area contributed by atoms with Gasteiger partial charge >= 0.3 is 5.97 Å². The van der Waals surface area contributed by atoms with E-state index in [9.17, 15) is 4.79 Å². The van der Waals surface area contributed by atoms with E-state index in [0.717, 1.165) is 38.5 Å². The summed E-state index contributed by atoms with van der Waals surface area (Å²) in [7, 11) is 0. The Hall–Kier alpha value is -0.570. The molecule has 0 aliphatic heterocycles. The molecule has 0 spiro atoms. The van der Waals surface area contributed by atoms with Crippen LogP contribution in [0.25, 0.3) is 0 Å².